The molecule has 0 aliphatic carbocycles. The zero-order valence-electron chi connectivity index (χ0n) is 5.15. The van der Waals surface area contributed by atoms with Crippen molar-refractivity contribution < 1.29 is 0 Å². The number of rotatable bonds is 0. The van der Waals surface area contributed by atoms with E-state index in [0.717, 1.165) is 15.8 Å². The summed E-state index contributed by atoms with van der Waals surface area (Å²) in [4.78, 5) is 1.01. The zero-order chi connectivity index (χ0) is 6.97. The van der Waals surface area contributed by atoms with Crippen molar-refractivity contribution in [3.8, 4) is 0 Å². The van der Waals surface area contributed by atoms with Crippen LogP contribution in [-0.4, -0.2) is 15.1 Å². The lowest BCUT2D eigenvalue weighted by atomic mass is 10.3. The third kappa shape index (κ3) is 0.556. The summed E-state index contributed by atoms with van der Waals surface area (Å²) in [6.45, 7) is 0. The molecule has 1 N–H and O–H groups in total. The van der Waals surface area contributed by atoms with E-state index in [0.29, 0.717) is 0 Å². The molecule has 1 radical (unpaired) electrons. The Bertz CT molecular complexity index is 351. The molecule has 1 heterocycles. The van der Waals surface area contributed by atoms with Crippen molar-refractivity contribution in [2.24, 2.45) is 0 Å². The summed E-state index contributed by atoms with van der Waals surface area (Å²) in [6.07, 6.45) is 0. The highest BCUT2D eigenvalue weighted by molar-refractivity contribution is 5.73. The van der Waals surface area contributed by atoms with Gasteiger partial charge in [0.05, 0.1) is 0 Å². The molecule has 0 aliphatic heterocycles. The summed E-state index contributed by atoms with van der Waals surface area (Å²) < 4.78 is 0. The number of benzene rings is 1. The van der Waals surface area contributed by atoms with Crippen LogP contribution in [0, 0.1) is 0 Å². The van der Waals surface area contributed by atoms with Gasteiger partial charge < -0.3 is 0 Å². The Balaban J connectivity index is 2.93. The SMILES string of the molecule is [NH]n1nnc2ccccc21. The smallest absolute Gasteiger partial charge is 0.115 e. The van der Waals surface area contributed by atoms with E-state index in [9.17, 15) is 0 Å². The Kier molecular flexibility index (Phi) is 0.887. The number of nitrogens with one attached hydrogen (secondary N) is 1. The maximum Gasteiger partial charge on any atom is 0.115 e. The summed E-state index contributed by atoms with van der Waals surface area (Å²) in [7, 11) is 0. The monoisotopic (exact) mass is 133 g/mol. The lowest BCUT2D eigenvalue weighted by Crippen LogP contribution is -1.94. The molecule has 0 unspecified atom stereocenters. The Morgan fingerprint density at radius 3 is 2.90 bits per heavy atom. The van der Waals surface area contributed by atoms with Crippen molar-refractivity contribution in [2.75, 3.05) is 0 Å². The summed E-state index contributed by atoms with van der Waals surface area (Å²) in [5.41, 5.74) is 1.50. The number of nitrogens with zero attached hydrogens (tertiary/aromatic N) is 3. The van der Waals surface area contributed by atoms with E-state index in [2.05, 4.69) is 10.3 Å². The first-order chi connectivity index (χ1) is 4.88. The van der Waals surface area contributed by atoms with Crippen LogP contribution in [0.5, 0.6) is 0 Å². The van der Waals surface area contributed by atoms with Crippen LogP contribution in [0.4, 0.5) is 0 Å². The third-order valence-corrected chi connectivity index (χ3v) is 1.35. The van der Waals surface area contributed by atoms with Crippen molar-refractivity contribution in [3.05, 3.63) is 24.3 Å². The first-order valence-electron chi connectivity index (χ1n) is 2.90. The molecule has 1 aromatic carbocycles. The molecule has 0 saturated carbocycles. The molecule has 4 nitrogen and oxygen atoms in total. The van der Waals surface area contributed by atoms with Gasteiger partial charge in [-0.15, -0.1) is 9.89 Å². The zero-order valence-corrected chi connectivity index (χ0v) is 5.15. The summed E-state index contributed by atoms with van der Waals surface area (Å²) in [5, 5.41) is 7.27. The predicted octanol–water partition coefficient (Wildman–Crippen LogP) is 0.477. The van der Waals surface area contributed by atoms with Crippen molar-refractivity contribution in [2.45, 2.75) is 0 Å². The second kappa shape index (κ2) is 1.70. The Hall–Kier alpha value is -1.58. The fourth-order valence-corrected chi connectivity index (χ4v) is 0.869. The molecule has 2 aromatic rings. The van der Waals surface area contributed by atoms with E-state index in [1.54, 1.807) is 0 Å². The van der Waals surface area contributed by atoms with Crippen molar-refractivity contribution in [1.82, 2.24) is 20.9 Å². The van der Waals surface area contributed by atoms with E-state index in [-0.39, 0.29) is 0 Å². The number of para-hydroxylation sites is 1. The third-order valence-electron chi connectivity index (χ3n) is 1.35. The molecule has 4 heteroatoms. The molecule has 0 bridgehead atoms. The van der Waals surface area contributed by atoms with Crippen LogP contribution in [0.1, 0.15) is 0 Å². The van der Waals surface area contributed by atoms with Gasteiger partial charge >= 0.3 is 0 Å². The standard InChI is InChI=1S/C6H5N4/c7-10-6-4-2-1-3-5(6)8-9-10/h1-4,7H. The maximum atomic E-state index is 7.19. The van der Waals surface area contributed by atoms with Gasteiger partial charge in [-0.2, -0.15) is 0 Å². The maximum absolute atomic E-state index is 7.19. The quantitative estimate of drug-likeness (QED) is 0.524. The highest BCUT2D eigenvalue weighted by atomic mass is 15.6. The van der Waals surface area contributed by atoms with Gasteiger partial charge in [-0.05, 0) is 17.3 Å². The van der Waals surface area contributed by atoms with Gasteiger partial charge in [0.1, 0.15) is 11.0 Å². The first-order valence-corrected chi connectivity index (χ1v) is 2.90. The Labute approximate surface area is 57.2 Å². The van der Waals surface area contributed by atoms with Crippen LogP contribution in [0.2, 0.25) is 0 Å². The molecule has 10 heavy (non-hydrogen) atoms. The first kappa shape index (κ1) is 5.22. The van der Waals surface area contributed by atoms with E-state index in [4.69, 9.17) is 5.84 Å². The fraction of sp³-hybridized carbons (Fsp3) is 0. The normalized spacial score (nSPS) is 10.4. The van der Waals surface area contributed by atoms with E-state index in [1.165, 1.54) is 0 Å². The van der Waals surface area contributed by atoms with Crippen LogP contribution in [0.25, 0.3) is 11.0 Å². The van der Waals surface area contributed by atoms with Crippen LogP contribution >= 0.6 is 0 Å². The Morgan fingerprint density at radius 2 is 2.10 bits per heavy atom. The van der Waals surface area contributed by atoms with E-state index >= 15 is 0 Å². The van der Waals surface area contributed by atoms with Crippen LogP contribution in [0.15, 0.2) is 24.3 Å². The lowest BCUT2D eigenvalue weighted by Gasteiger charge is -1.85. The molecule has 0 fully saturated rings. The molecule has 2 rings (SSSR count). The Morgan fingerprint density at radius 1 is 1.30 bits per heavy atom. The molecule has 0 aliphatic rings. The van der Waals surface area contributed by atoms with Gasteiger partial charge in [-0.25, -0.2) is 5.84 Å². The minimum Gasteiger partial charge on any atom is -0.203 e. The molecule has 0 atom stereocenters. The van der Waals surface area contributed by atoms with Gasteiger partial charge in [0.2, 0.25) is 0 Å². The van der Waals surface area contributed by atoms with E-state index < -0.39 is 0 Å². The fourth-order valence-electron chi connectivity index (χ4n) is 0.869. The van der Waals surface area contributed by atoms with Gasteiger partial charge in [-0.1, -0.05) is 12.1 Å². The number of hydrogen-bond donors (Lipinski definition) is 0. The van der Waals surface area contributed by atoms with Gasteiger partial charge in [-0.3, -0.25) is 0 Å². The largest absolute Gasteiger partial charge is 0.203 e. The highest BCUT2D eigenvalue weighted by Gasteiger charge is 1.97. The molecule has 0 saturated heterocycles. The van der Waals surface area contributed by atoms with Gasteiger partial charge in [0.25, 0.3) is 0 Å². The number of aromatic nitrogens is 3. The molecular weight excluding hydrogens is 128 g/mol. The molecule has 0 spiro atoms. The van der Waals surface area contributed by atoms with Crippen LogP contribution in [-0.2, 0) is 0 Å². The number of hydrogen-bond acceptors (Lipinski definition) is 2. The van der Waals surface area contributed by atoms with Crippen molar-refractivity contribution >= 4 is 11.0 Å². The summed E-state index contributed by atoms with van der Waals surface area (Å²) in [6, 6.07) is 7.36. The minimum atomic E-state index is 0.738. The van der Waals surface area contributed by atoms with Gasteiger partial charge in [0, 0.05) is 0 Å². The summed E-state index contributed by atoms with van der Waals surface area (Å²) >= 11 is 0. The topological polar surface area (TPSA) is 54.5 Å². The number of fused-ring (bicyclic) bond motifs is 1. The van der Waals surface area contributed by atoms with Crippen molar-refractivity contribution in [1.29, 1.82) is 0 Å². The molecular formula is C6H5N4. The van der Waals surface area contributed by atoms with Crippen molar-refractivity contribution in [3.63, 3.8) is 0 Å². The average molecular weight is 133 g/mol. The molecule has 1 aromatic heterocycles. The highest BCUT2D eigenvalue weighted by Crippen LogP contribution is 2.06. The van der Waals surface area contributed by atoms with Crippen LogP contribution < -0.4 is 5.84 Å². The van der Waals surface area contributed by atoms with E-state index in [1.807, 2.05) is 24.3 Å². The predicted molar refractivity (Wildman–Crippen MR) is 36.0 cm³/mol. The lowest BCUT2D eigenvalue weighted by molar-refractivity contribution is 0.688. The average Bonchev–Trinajstić information content (AvgIpc) is 2.34. The molecule has 0 amide bonds. The minimum absolute atomic E-state index is 0.738. The second-order valence-electron chi connectivity index (χ2n) is 1.99. The second-order valence-corrected chi connectivity index (χ2v) is 1.99. The van der Waals surface area contributed by atoms with Gasteiger partial charge in [0.15, 0.2) is 0 Å². The molecule has 49 valence electrons. The van der Waals surface area contributed by atoms with Crippen LogP contribution in [0.3, 0.4) is 0 Å². The summed E-state index contributed by atoms with van der Waals surface area (Å²) in [5.74, 6) is 7.19.